The van der Waals surface area contributed by atoms with Crippen molar-refractivity contribution in [1.82, 2.24) is 9.97 Å². The van der Waals surface area contributed by atoms with Crippen LogP contribution < -0.4 is 10.6 Å². The summed E-state index contributed by atoms with van der Waals surface area (Å²) in [6, 6.07) is 1.98. The molecule has 0 bridgehead atoms. The number of anilines is 2. The SMILES string of the molecule is CCCCNc1cc(NCC(C)C)nc(C)n1. The molecule has 0 radical (unpaired) electrons. The second-order valence-corrected chi connectivity index (χ2v) is 4.74. The van der Waals surface area contributed by atoms with E-state index in [9.17, 15) is 0 Å². The Kier molecular flexibility index (Phi) is 5.73. The summed E-state index contributed by atoms with van der Waals surface area (Å²) in [7, 11) is 0. The highest BCUT2D eigenvalue weighted by molar-refractivity contribution is 5.47. The van der Waals surface area contributed by atoms with Crippen LogP contribution in [0.3, 0.4) is 0 Å². The molecule has 0 aliphatic carbocycles. The van der Waals surface area contributed by atoms with Gasteiger partial charge in [0.2, 0.25) is 0 Å². The molecule has 0 aliphatic heterocycles. The predicted molar refractivity (Wildman–Crippen MR) is 73.5 cm³/mol. The molecule has 96 valence electrons. The van der Waals surface area contributed by atoms with E-state index in [1.54, 1.807) is 0 Å². The third kappa shape index (κ3) is 5.52. The summed E-state index contributed by atoms with van der Waals surface area (Å²) in [6.45, 7) is 10.4. The van der Waals surface area contributed by atoms with Gasteiger partial charge in [0.1, 0.15) is 17.5 Å². The number of nitrogens with zero attached hydrogens (tertiary/aromatic N) is 2. The van der Waals surface area contributed by atoms with Gasteiger partial charge < -0.3 is 10.6 Å². The lowest BCUT2D eigenvalue weighted by Gasteiger charge is -2.11. The number of aryl methyl sites for hydroxylation is 1. The monoisotopic (exact) mass is 236 g/mol. The lowest BCUT2D eigenvalue weighted by Crippen LogP contribution is -2.11. The van der Waals surface area contributed by atoms with E-state index in [0.717, 1.165) is 37.0 Å². The lowest BCUT2D eigenvalue weighted by molar-refractivity contribution is 0.686. The first-order valence-electron chi connectivity index (χ1n) is 6.45. The van der Waals surface area contributed by atoms with Crippen LogP contribution in [0.25, 0.3) is 0 Å². The predicted octanol–water partition coefficient (Wildman–Crippen LogP) is 3.06. The van der Waals surface area contributed by atoms with E-state index in [0.29, 0.717) is 5.92 Å². The minimum Gasteiger partial charge on any atom is -0.370 e. The van der Waals surface area contributed by atoms with Crippen molar-refractivity contribution in [3.05, 3.63) is 11.9 Å². The standard InChI is InChI=1S/C13H24N4/c1-5-6-7-14-12-8-13(15-9-10(2)3)17-11(4)16-12/h8,10H,5-7,9H2,1-4H3,(H2,14,15,16,17). The molecular weight excluding hydrogens is 212 g/mol. The molecule has 1 aromatic rings. The van der Waals surface area contributed by atoms with Crippen molar-refractivity contribution in [2.24, 2.45) is 5.92 Å². The minimum atomic E-state index is 0.613. The van der Waals surface area contributed by atoms with Crippen LogP contribution in [0.5, 0.6) is 0 Å². The average molecular weight is 236 g/mol. The summed E-state index contributed by atoms with van der Waals surface area (Å²) >= 11 is 0. The molecule has 0 saturated carbocycles. The molecule has 1 heterocycles. The molecule has 0 amide bonds. The van der Waals surface area contributed by atoms with Crippen LogP contribution in [0, 0.1) is 12.8 Å². The summed E-state index contributed by atoms with van der Waals surface area (Å²) in [4.78, 5) is 8.74. The molecular formula is C13H24N4. The average Bonchev–Trinajstić information content (AvgIpc) is 2.26. The first-order valence-corrected chi connectivity index (χ1v) is 6.45. The quantitative estimate of drug-likeness (QED) is 0.714. The largest absolute Gasteiger partial charge is 0.370 e. The Balaban J connectivity index is 2.59. The van der Waals surface area contributed by atoms with Gasteiger partial charge in [-0.25, -0.2) is 9.97 Å². The van der Waals surface area contributed by atoms with Crippen LogP contribution in [0.1, 0.15) is 39.4 Å². The molecule has 0 unspecified atom stereocenters. The molecule has 0 spiro atoms. The highest BCUT2D eigenvalue weighted by Crippen LogP contribution is 2.11. The highest BCUT2D eigenvalue weighted by Gasteiger charge is 2.02. The van der Waals surface area contributed by atoms with Crippen LogP contribution in [-0.2, 0) is 0 Å². The summed E-state index contributed by atoms with van der Waals surface area (Å²) < 4.78 is 0. The fourth-order valence-corrected chi connectivity index (χ4v) is 1.45. The summed E-state index contributed by atoms with van der Waals surface area (Å²) in [5.41, 5.74) is 0. The van der Waals surface area contributed by atoms with E-state index in [2.05, 4.69) is 41.4 Å². The molecule has 4 heteroatoms. The third-order valence-corrected chi connectivity index (χ3v) is 2.37. The van der Waals surface area contributed by atoms with Crippen LogP contribution in [0.4, 0.5) is 11.6 Å². The van der Waals surface area contributed by atoms with Gasteiger partial charge in [-0.3, -0.25) is 0 Å². The van der Waals surface area contributed by atoms with Crippen molar-refractivity contribution in [1.29, 1.82) is 0 Å². The number of rotatable bonds is 7. The molecule has 4 nitrogen and oxygen atoms in total. The van der Waals surface area contributed by atoms with Crippen LogP contribution in [0.15, 0.2) is 6.07 Å². The van der Waals surface area contributed by atoms with Gasteiger partial charge in [-0.15, -0.1) is 0 Å². The molecule has 1 aromatic heterocycles. The van der Waals surface area contributed by atoms with Gasteiger partial charge in [-0.2, -0.15) is 0 Å². The van der Waals surface area contributed by atoms with Crippen molar-refractivity contribution in [2.75, 3.05) is 23.7 Å². The molecule has 1 rings (SSSR count). The fourth-order valence-electron chi connectivity index (χ4n) is 1.45. The first-order chi connectivity index (χ1) is 8.11. The second-order valence-electron chi connectivity index (χ2n) is 4.74. The molecule has 0 aromatic carbocycles. The topological polar surface area (TPSA) is 49.8 Å². The fraction of sp³-hybridized carbons (Fsp3) is 0.692. The van der Waals surface area contributed by atoms with Gasteiger partial charge in [-0.1, -0.05) is 27.2 Å². The van der Waals surface area contributed by atoms with Crippen LogP contribution in [0.2, 0.25) is 0 Å². The number of nitrogens with one attached hydrogen (secondary N) is 2. The maximum atomic E-state index is 4.37. The van der Waals surface area contributed by atoms with Gasteiger partial charge in [0.05, 0.1) is 0 Å². The smallest absolute Gasteiger partial charge is 0.131 e. The van der Waals surface area contributed by atoms with Gasteiger partial charge in [-0.05, 0) is 19.3 Å². The molecule has 0 aliphatic rings. The van der Waals surface area contributed by atoms with Crippen molar-refractivity contribution >= 4 is 11.6 Å². The van der Waals surface area contributed by atoms with E-state index in [1.165, 1.54) is 6.42 Å². The van der Waals surface area contributed by atoms with Gasteiger partial charge >= 0.3 is 0 Å². The Hall–Kier alpha value is -1.32. The molecule has 2 N–H and O–H groups in total. The maximum Gasteiger partial charge on any atom is 0.131 e. The van der Waals surface area contributed by atoms with Gasteiger partial charge in [0, 0.05) is 19.2 Å². The van der Waals surface area contributed by atoms with E-state index in [-0.39, 0.29) is 0 Å². The van der Waals surface area contributed by atoms with Crippen molar-refractivity contribution in [3.8, 4) is 0 Å². The van der Waals surface area contributed by atoms with Crippen molar-refractivity contribution in [2.45, 2.75) is 40.5 Å². The number of hydrogen-bond acceptors (Lipinski definition) is 4. The zero-order chi connectivity index (χ0) is 12.7. The molecule has 17 heavy (non-hydrogen) atoms. The van der Waals surface area contributed by atoms with E-state index in [1.807, 2.05) is 13.0 Å². The van der Waals surface area contributed by atoms with E-state index >= 15 is 0 Å². The normalized spacial score (nSPS) is 10.6. The number of unbranched alkanes of at least 4 members (excludes halogenated alkanes) is 1. The summed E-state index contributed by atoms with van der Waals surface area (Å²) in [5, 5.41) is 6.65. The van der Waals surface area contributed by atoms with Crippen LogP contribution >= 0.6 is 0 Å². The second kappa shape index (κ2) is 7.09. The number of aromatic nitrogens is 2. The third-order valence-electron chi connectivity index (χ3n) is 2.37. The minimum absolute atomic E-state index is 0.613. The summed E-state index contributed by atoms with van der Waals surface area (Å²) in [6.07, 6.45) is 2.35. The Bertz CT molecular complexity index is 336. The van der Waals surface area contributed by atoms with Crippen LogP contribution in [-0.4, -0.2) is 23.1 Å². The van der Waals surface area contributed by atoms with Gasteiger partial charge in [0.25, 0.3) is 0 Å². The molecule has 0 atom stereocenters. The highest BCUT2D eigenvalue weighted by atomic mass is 15.1. The Morgan fingerprint density at radius 2 is 1.82 bits per heavy atom. The van der Waals surface area contributed by atoms with Gasteiger partial charge in [0.15, 0.2) is 0 Å². The zero-order valence-electron chi connectivity index (χ0n) is 11.4. The first kappa shape index (κ1) is 13.7. The Morgan fingerprint density at radius 3 is 2.41 bits per heavy atom. The molecule has 0 saturated heterocycles. The summed E-state index contributed by atoms with van der Waals surface area (Å²) in [5.74, 6) is 3.24. The number of hydrogen-bond donors (Lipinski definition) is 2. The zero-order valence-corrected chi connectivity index (χ0v) is 11.4. The van der Waals surface area contributed by atoms with Crippen molar-refractivity contribution in [3.63, 3.8) is 0 Å². The maximum absolute atomic E-state index is 4.37. The van der Waals surface area contributed by atoms with E-state index < -0.39 is 0 Å². The van der Waals surface area contributed by atoms with E-state index in [4.69, 9.17) is 0 Å². The van der Waals surface area contributed by atoms with Crippen molar-refractivity contribution < 1.29 is 0 Å². The molecule has 0 fully saturated rings. The Labute approximate surface area is 104 Å². The lowest BCUT2D eigenvalue weighted by atomic mass is 10.2. The Morgan fingerprint density at radius 1 is 1.18 bits per heavy atom.